The first-order valence-electron chi connectivity index (χ1n) is 19.8. The Morgan fingerprint density at radius 3 is 1.80 bits per heavy atom. The standard InChI is InChI=1S/C44H48N4O5S2/c1-41(2)23-44(24-42(3,4)32-18-34-38(53-43(5,6)52-34)30(36(32)44)22-47-9-13-54-14-10-47)35-29(21-48-11-15-55(49)16-12-48)37-33(17-31(35)41)50-39-27(19-45)25-7-8-26(25)28(20-46)40(39)51-37/h17-18H,7-16,21-24H2,1-6H3. The predicted octanol–water partition coefficient (Wildman–Crippen LogP) is 7.70. The van der Waals surface area contributed by atoms with Crippen molar-refractivity contribution >= 4 is 22.6 Å². The number of benzene rings is 3. The number of thioether (sulfide) groups is 1. The van der Waals surface area contributed by atoms with Crippen LogP contribution in [-0.4, -0.2) is 69.0 Å². The second kappa shape index (κ2) is 12.1. The quantitative estimate of drug-likeness (QED) is 0.205. The van der Waals surface area contributed by atoms with E-state index in [4.69, 9.17) is 18.9 Å². The Labute approximate surface area is 330 Å². The first-order valence-corrected chi connectivity index (χ1v) is 22.4. The Morgan fingerprint density at radius 1 is 0.709 bits per heavy atom. The number of nitriles is 2. The SMILES string of the molecule is CC1(C)Oc2cc3c(c(CN4CCSCC4)c2O1)C1(CC(C)(C)c2cc4c(c(CN5CCS(=O)CC5)c21)Oc1c(C#N)c2c(c(C#N)c1O4)CC2)CC3(C)C. The highest BCUT2D eigenvalue weighted by Gasteiger charge is 2.60. The van der Waals surface area contributed by atoms with Gasteiger partial charge in [0, 0.05) is 103 Å². The second-order valence-electron chi connectivity index (χ2n) is 18.3. The van der Waals surface area contributed by atoms with E-state index in [0.29, 0.717) is 52.2 Å². The van der Waals surface area contributed by atoms with Gasteiger partial charge >= 0.3 is 0 Å². The van der Waals surface area contributed by atoms with E-state index in [9.17, 15) is 14.7 Å². The van der Waals surface area contributed by atoms with Crippen LogP contribution < -0.4 is 18.9 Å². The number of nitrogens with zero attached hydrogens (tertiary/aromatic N) is 4. The number of ether oxygens (including phenoxy) is 4. The van der Waals surface area contributed by atoms with Gasteiger partial charge in [-0.3, -0.25) is 14.0 Å². The molecule has 0 aromatic heterocycles. The molecule has 1 spiro atoms. The summed E-state index contributed by atoms with van der Waals surface area (Å²) in [4.78, 5) is 5.00. The monoisotopic (exact) mass is 776 g/mol. The fourth-order valence-corrected chi connectivity index (χ4v) is 13.2. The summed E-state index contributed by atoms with van der Waals surface area (Å²) in [5.41, 5.74) is 9.47. The van der Waals surface area contributed by atoms with Crippen LogP contribution in [0.3, 0.4) is 0 Å². The molecule has 0 bridgehead atoms. The molecule has 11 heteroatoms. The van der Waals surface area contributed by atoms with E-state index in [0.717, 1.165) is 98.1 Å². The summed E-state index contributed by atoms with van der Waals surface area (Å²) in [6.45, 7) is 18.4. The maximum absolute atomic E-state index is 12.6. The zero-order valence-electron chi connectivity index (χ0n) is 32.7. The predicted molar refractivity (Wildman–Crippen MR) is 213 cm³/mol. The van der Waals surface area contributed by atoms with E-state index >= 15 is 0 Å². The molecule has 1 unspecified atom stereocenters. The molecule has 1 atom stereocenters. The molecule has 3 aromatic rings. The zero-order valence-corrected chi connectivity index (χ0v) is 34.3. The molecule has 2 fully saturated rings. The summed E-state index contributed by atoms with van der Waals surface area (Å²) in [7, 11) is -0.827. The first kappa shape index (κ1) is 35.7. The molecule has 3 aromatic carbocycles. The van der Waals surface area contributed by atoms with Crippen LogP contribution in [0.2, 0.25) is 0 Å². The van der Waals surface area contributed by atoms with Gasteiger partial charge in [-0.2, -0.15) is 22.3 Å². The Bertz CT molecular complexity index is 2320. The fraction of sp³-hybridized carbons (Fsp3) is 0.545. The summed E-state index contributed by atoms with van der Waals surface area (Å²) in [6, 6.07) is 9.29. The molecule has 55 heavy (non-hydrogen) atoms. The van der Waals surface area contributed by atoms with Gasteiger partial charge in [0.2, 0.25) is 5.79 Å². The maximum atomic E-state index is 12.6. The second-order valence-corrected chi connectivity index (χ2v) is 21.2. The molecule has 7 aliphatic rings. The van der Waals surface area contributed by atoms with Crippen molar-refractivity contribution in [3.63, 3.8) is 0 Å². The Morgan fingerprint density at radius 2 is 1.24 bits per heavy atom. The number of fused-ring (bicyclic) bond motifs is 8. The summed E-state index contributed by atoms with van der Waals surface area (Å²) >= 11 is 2.02. The van der Waals surface area contributed by atoms with Crippen LogP contribution in [0.5, 0.6) is 34.5 Å². The zero-order chi connectivity index (χ0) is 38.2. The maximum Gasteiger partial charge on any atom is 0.246 e. The highest BCUT2D eigenvalue weighted by atomic mass is 32.2. The molecular formula is C44H48N4O5S2. The average Bonchev–Trinajstić information content (AvgIpc) is 3.65. The smallest absolute Gasteiger partial charge is 0.246 e. The Hall–Kier alpha value is -3.74. The number of hydrogen-bond acceptors (Lipinski definition) is 10. The lowest BCUT2D eigenvalue weighted by Gasteiger charge is -2.37. The van der Waals surface area contributed by atoms with Crippen LogP contribution in [0.4, 0.5) is 0 Å². The lowest BCUT2D eigenvalue weighted by atomic mass is 9.70. The van der Waals surface area contributed by atoms with Gasteiger partial charge in [-0.25, -0.2) is 0 Å². The largest absolute Gasteiger partial charge is 0.449 e. The van der Waals surface area contributed by atoms with E-state index in [1.807, 2.05) is 25.6 Å². The molecular weight excluding hydrogens is 729 g/mol. The van der Waals surface area contributed by atoms with Crippen molar-refractivity contribution in [1.82, 2.24) is 9.80 Å². The van der Waals surface area contributed by atoms with Crippen LogP contribution in [-0.2, 0) is 53.0 Å². The lowest BCUT2D eigenvalue weighted by Crippen LogP contribution is -2.38. The van der Waals surface area contributed by atoms with Gasteiger partial charge in [0.15, 0.2) is 34.5 Å². The fourth-order valence-electron chi connectivity index (χ4n) is 11.1. The van der Waals surface area contributed by atoms with Gasteiger partial charge in [-0.15, -0.1) is 0 Å². The van der Waals surface area contributed by atoms with Crippen LogP contribution in [0, 0.1) is 22.7 Å². The van der Waals surface area contributed by atoms with Crippen LogP contribution in [0.1, 0.15) is 110 Å². The molecule has 286 valence electrons. The molecule has 9 nitrogen and oxygen atoms in total. The lowest BCUT2D eigenvalue weighted by molar-refractivity contribution is -0.0437. The number of hydrogen-bond donors (Lipinski definition) is 0. The molecule has 0 saturated carbocycles. The van der Waals surface area contributed by atoms with Gasteiger partial charge in [0.25, 0.3) is 0 Å². The van der Waals surface area contributed by atoms with Crippen molar-refractivity contribution in [1.29, 1.82) is 10.5 Å². The minimum Gasteiger partial charge on any atom is -0.449 e. The third-order valence-corrected chi connectivity index (χ3v) is 15.5. The van der Waals surface area contributed by atoms with Crippen molar-refractivity contribution in [2.45, 2.75) is 102 Å². The molecule has 0 radical (unpaired) electrons. The van der Waals surface area contributed by atoms with Gasteiger partial charge in [-0.05, 0) is 82.0 Å². The van der Waals surface area contributed by atoms with Crippen molar-refractivity contribution in [3.8, 4) is 46.6 Å². The number of rotatable bonds is 4. The first-order chi connectivity index (χ1) is 26.2. The van der Waals surface area contributed by atoms with Crippen LogP contribution in [0.25, 0.3) is 0 Å². The van der Waals surface area contributed by atoms with Crippen molar-refractivity contribution in [2.75, 3.05) is 49.2 Å². The summed E-state index contributed by atoms with van der Waals surface area (Å²) in [5, 5.41) is 20.9. The topological polar surface area (TPSA) is 108 Å². The summed E-state index contributed by atoms with van der Waals surface area (Å²) in [6.07, 6.45) is 3.30. The van der Waals surface area contributed by atoms with Gasteiger partial charge < -0.3 is 18.9 Å². The Kier molecular flexibility index (Phi) is 7.87. The molecule has 4 aliphatic heterocycles. The molecule has 3 aliphatic carbocycles. The highest BCUT2D eigenvalue weighted by Crippen LogP contribution is 2.69. The summed E-state index contributed by atoms with van der Waals surface area (Å²) in [5.74, 6) is 6.40. The normalized spacial score (nSPS) is 25.0. The summed E-state index contributed by atoms with van der Waals surface area (Å²) < 4.78 is 39.8. The molecule has 4 heterocycles. The minimum atomic E-state index is -0.827. The van der Waals surface area contributed by atoms with Gasteiger partial charge in [0.1, 0.15) is 23.3 Å². The van der Waals surface area contributed by atoms with Gasteiger partial charge in [-0.1, -0.05) is 27.7 Å². The third kappa shape index (κ3) is 5.25. The van der Waals surface area contributed by atoms with Crippen LogP contribution in [0.15, 0.2) is 12.1 Å². The Balaban J connectivity index is 1.24. The van der Waals surface area contributed by atoms with Gasteiger partial charge in [0.05, 0.1) is 0 Å². The van der Waals surface area contributed by atoms with Crippen molar-refractivity contribution in [2.24, 2.45) is 0 Å². The molecule has 10 rings (SSSR count). The van der Waals surface area contributed by atoms with E-state index in [1.54, 1.807) is 0 Å². The third-order valence-electron chi connectivity index (χ3n) is 13.3. The molecule has 0 amide bonds. The minimum absolute atomic E-state index is 0.179. The van der Waals surface area contributed by atoms with Crippen LogP contribution >= 0.6 is 11.8 Å². The van der Waals surface area contributed by atoms with E-state index in [1.165, 1.54) is 27.8 Å². The van der Waals surface area contributed by atoms with E-state index < -0.39 is 16.6 Å². The van der Waals surface area contributed by atoms with E-state index in [2.05, 4.69) is 61.8 Å². The molecule has 0 N–H and O–H groups in total. The van der Waals surface area contributed by atoms with Crippen molar-refractivity contribution < 1.29 is 23.2 Å². The van der Waals surface area contributed by atoms with E-state index in [-0.39, 0.29) is 16.2 Å². The van der Waals surface area contributed by atoms with Crippen molar-refractivity contribution in [3.05, 3.63) is 67.8 Å². The highest BCUT2D eigenvalue weighted by molar-refractivity contribution is 7.99. The average molecular weight is 777 g/mol. The molecule has 2 saturated heterocycles.